The molecule has 1 fully saturated rings. The Balaban J connectivity index is 0.00000192. The van der Waals surface area contributed by atoms with Crippen molar-refractivity contribution in [3.8, 4) is 0 Å². The molecule has 5 nitrogen and oxygen atoms in total. The Labute approximate surface area is 151 Å². The maximum absolute atomic E-state index is 13.0. The lowest BCUT2D eigenvalue weighted by Gasteiger charge is -2.34. The van der Waals surface area contributed by atoms with E-state index < -0.39 is 10.0 Å². The Morgan fingerprint density at radius 3 is 2.87 bits per heavy atom. The van der Waals surface area contributed by atoms with Crippen LogP contribution < -0.4 is 5.32 Å². The van der Waals surface area contributed by atoms with E-state index in [4.69, 9.17) is 11.6 Å². The van der Waals surface area contributed by atoms with Crippen molar-refractivity contribution < 1.29 is 8.42 Å². The molecule has 1 aliphatic rings. The predicted molar refractivity (Wildman–Crippen MR) is 95.1 cm³/mol. The fourth-order valence-electron chi connectivity index (χ4n) is 2.51. The Hall–Kier alpha value is -0.700. The first-order valence-corrected chi connectivity index (χ1v) is 9.52. The van der Waals surface area contributed by atoms with Crippen LogP contribution in [0.3, 0.4) is 0 Å². The highest BCUT2D eigenvalue weighted by Crippen LogP contribution is 2.35. The second-order valence-electron chi connectivity index (χ2n) is 5.14. The van der Waals surface area contributed by atoms with Crippen molar-refractivity contribution in [2.45, 2.75) is 17.2 Å². The number of pyridine rings is 1. The Bertz CT molecular complexity index is 746. The third kappa shape index (κ3) is 3.70. The van der Waals surface area contributed by atoms with Crippen molar-refractivity contribution in [1.29, 1.82) is 0 Å². The maximum atomic E-state index is 13.0. The molecule has 3 rings (SSSR count). The lowest BCUT2D eigenvalue weighted by Crippen LogP contribution is -2.48. The summed E-state index contributed by atoms with van der Waals surface area (Å²) in [6, 6.07) is 5.11. The summed E-state index contributed by atoms with van der Waals surface area (Å²) < 4.78 is 28.3. The molecule has 0 spiro atoms. The highest BCUT2D eigenvalue weighted by atomic mass is 35.5. The van der Waals surface area contributed by atoms with Gasteiger partial charge < -0.3 is 5.32 Å². The molecule has 3 heterocycles. The van der Waals surface area contributed by atoms with Crippen molar-refractivity contribution in [2.75, 3.05) is 19.6 Å². The van der Waals surface area contributed by atoms with E-state index in [1.165, 1.54) is 0 Å². The van der Waals surface area contributed by atoms with Gasteiger partial charge in [0.15, 0.2) is 0 Å². The van der Waals surface area contributed by atoms with Crippen LogP contribution in [-0.4, -0.2) is 37.3 Å². The number of nitrogens with one attached hydrogen (secondary N) is 1. The SMILES string of the molecule is Cc1cc(S(=O)(=O)N2CCNCC2c2cccnc2)sc1Cl.Cl. The quantitative estimate of drug-likeness (QED) is 0.870. The largest absolute Gasteiger partial charge is 0.313 e. The molecule has 2 aromatic rings. The first kappa shape index (κ1) is 18.6. The first-order valence-electron chi connectivity index (χ1n) is 6.88. The molecule has 2 aromatic heterocycles. The molecule has 1 atom stereocenters. The van der Waals surface area contributed by atoms with Gasteiger partial charge in [0.05, 0.1) is 10.4 Å². The van der Waals surface area contributed by atoms with Crippen LogP contribution in [0.2, 0.25) is 4.34 Å². The molecule has 1 aliphatic heterocycles. The lowest BCUT2D eigenvalue weighted by atomic mass is 10.1. The molecule has 126 valence electrons. The van der Waals surface area contributed by atoms with Crippen LogP contribution in [0.15, 0.2) is 34.8 Å². The molecular formula is C14H17Cl2N3O2S2. The summed E-state index contributed by atoms with van der Waals surface area (Å²) in [7, 11) is -3.56. The summed E-state index contributed by atoms with van der Waals surface area (Å²) in [5, 5.41) is 3.25. The van der Waals surface area contributed by atoms with Crippen molar-refractivity contribution in [1.82, 2.24) is 14.6 Å². The second kappa shape index (κ2) is 7.46. The molecule has 1 saturated heterocycles. The van der Waals surface area contributed by atoms with E-state index in [0.717, 1.165) is 22.5 Å². The predicted octanol–water partition coefficient (Wildman–Crippen LogP) is 2.86. The van der Waals surface area contributed by atoms with Crippen LogP contribution in [0.4, 0.5) is 0 Å². The van der Waals surface area contributed by atoms with Gasteiger partial charge in [-0.15, -0.1) is 23.7 Å². The number of thiophene rings is 1. The van der Waals surface area contributed by atoms with Gasteiger partial charge in [0.1, 0.15) is 4.21 Å². The number of hydrogen-bond acceptors (Lipinski definition) is 5. The van der Waals surface area contributed by atoms with Crippen LogP contribution in [0.1, 0.15) is 17.2 Å². The summed E-state index contributed by atoms with van der Waals surface area (Å²) in [5.41, 5.74) is 1.68. The average Bonchev–Trinajstić information content (AvgIpc) is 2.88. The third-order valence-electron chi connectivity index (χ3n) is 3.66. The minimum Gasteiger partial charge on any atom is -0.313 e. The molecule has 1 N–H and O–H groups in total. The van der Waals surface area contributed by atoms with E-state index in [1.807, 2.05) is 19.1 Å². The minimum atomic E-state index is -3.56. The number of rotatable bonds is 3. The molecular weight excluding hydrogens is 377 g/mol. The monoisotopic (exact) mass is 393 g/mol. The summed E-state index contributed by atoms with van der Waals surface area (Å²) in [6.45, 7) is 3.45. The van der Waals surface area contributed by atoms with Gasteiger partial charge in [-0.25, -0.2) is 8.42 Å². The maximum Gasteiger partial charge on any atom is 0.253 e. The Morgan fingerprint density at radius 2 is 2.26 bits per heavy atom. The van der Waals surface area contributed by atoms with Gasteiger partial charge >= 0.3 is 0 Å². The number of hydrogen-bond donors (Lipinski definition) is 1. The number of aromatic nitrogens is 1. The van der Waals surface area contributed by atoms with Crippen LogP contribution in [-0.2, 0) is 10.0 Å². The highest BCUT2D eigenvalue weighted by Gasteiger charge is 2.35. The fraction of sp³-hybridized carbons (Fsp3) is 0.357. The van der Waals surface area contributed by atoms with Crippen LogP contribution in [0.25, 0.3) is 0 Å². The normalized spacial score (nSPS) is 19.3. The molecule has 0 aliphatic carbocycles. The topological polar surface area (TPSA) is 62.3 Å². The van der Waals surface area contributed by atoms with Crippen molar-refractivity contribution >= 4 is 45.4 Å². The molecule has 0 aromatic carbocycles. The summed E-state index contributed by atoms with van der Waals surface area (Å²) in [6.07, 6.45) is 3.40. The van der Waals surface area contributed by atoms with E-state index in [0.29, 0.717) is 28.2 Å². The Morgan fingerprint density at radius 1 is 1.48 bits per heavy atom. The van der Waals surface area contributed by atoms with Gasteiger partial charge in [-0.2, -0.15) is 4.31 Å². The first-order chi connectivity index (χ1) is 10.5. The summed E-state index contributed by atoms with van der Waals surface area (Å²) >= 11 is 7.15. The molecule has 1 unspecified atom stereocenters. The van der Waals surface area contributed by atoms with E-state index >= 15 is 0 Å². The lowest BCUT2D eigenvalue weighted by molar-refractivity contribution is 0.271. The van der Waals surface area contributed by atoms with Gasteiger partial charge in [-0.3, -0.25) is 4.98 Å². The molecule has 0 saturated carbocycles. The number of nitrogens with zero attached hydrogens (tertiary/aromatic N) is 2. The molecule has 0 amide bonds. The van der Waals surface area contributed by atoms with Crippen molar-refractivity contribution in [2.24, 2.45) is 0 Å². The number of halogens is 2. The van der Waals surface area contributed by atoms with Gasteiger partial charge in [0.2, 0.25) is 0 Å². The van der Waals surface area contributed by atoms with Gasteiger partial charge in [0.25, 0.3) is 10.0 Å². The molecule has 0 radical (unpaired) electrons. The van der Waals surface area contributed by atoms with Gasteiger partial charge in [-0.05, 0) is 30.2 Å². The van der Waals surface area contributed by atoms with E-state index in [-0.39, 0.29) is 18.4 Å². The van der Waals surface area contributed by atoms with E-state index in [9.17, 15) is 8.42 Å². The van der Waals surface area contributed by atoms with E-state index in [1.54, 1.807) is 22.8 Å². The summed E-state index contributed by atoms with van der Waals surface area (Å²) in [5.74, 6) is 0. The van der Waals surface area contributed by atoms with E-state index in [2.05, 4.69) is 10.3 Å². The highest BCUT2D eigenvalue weighted by molar-refractivity contribution is 7.91. The zero-order valence-electron chi connectivity index (χ0n) is 12.4. The number of sulfonamides is 1. The Kier molecular flexibility index (Phi) is 6.05. The molecule has 0 bridgehead atoms. The average molecular weight is 394 g/mol. The van der Waals surface area contributed by atoms with Crippen molar-refractivity contribution in [3.05, 3.63) is 46.1 Å². The van der Waals surface area contributed by atoms with Crippen LogP contribution in [0.5, 0.6) is 0 Å². The minimum absolute atomic E-state index is 0. The van der Waals surface area contributed by atoms with Gasteiger partial charge in [0, 0.05) is 32.0 Å². The second-order valence-corrected chi connectivity index (χ2v) is 8.92. The zero-order chi connectivity index (χ0) is 15.7. The third-order valence-corrected chi connectivity index (χ3v) is 7.57. The smallest absolute Gasteiger partial charge is 0.253 e. The molecule has 9 heteroatoms. The molecule has 23 heavy (non-hydrogen) atoms. The van der Waals surface area contributed by atoms with Gasteiger partial charge in [-0.1, -0.05) is 17.7 Å². The summed E-state index contributed by atoms with van der Waals surface area (Å²) in [4.78, 5) is 4.10. The zero-order valence-corrected chi connectivity index (χ0v) is 15.6. The van der Waals surface area contributed by atoms with Crippen LogP contribution >= 0.6 is 35.3 Å². The number of piperazine rings is 1. The standard InChI is InChI=1S/C14H16ClN3O2S2.ClH/c1-10-7-13(21-14(10)15)22(19,20)18-6-5-17-9-12(18)11-3-2-4-16-8-11;/h2-4,7-8,12,17H,5-6,9H2,1H3;1H. The van der Waals surface area contributed by atoms with Crippen molar-refractivity contribution in [3.63, 3.8) is 0 Å². The van der Waals surface area contributed by atoms with Crippen LogP contribution in [0, 0.1) is 6.92 Å². The number of aryl methyl sites for hydroxylation is 1. The fourth-order valence-corrected chi connectivity index (χ4v) is 5.96.